The standard InChI is InChI=1S/C24H25FN6O2/c1-26-24(33)22-17(25)7-15(11-28-22)31-5-4-30(20-9-21(20)31)12-13-6-19-18(27-10-13)8-16(14-2-3-14)23(32)29-19/h6-8,10-11,14,20-21H,2-5,9,12H2,1H3,(H,26,33)(H,29,32). The zero-order valence-corrected chi connectivity index (χ0v) is 18.3. The van der Waals surface area contributed by atoms with Crippen LogP contribution in [0.4, 0.5) is 10.1 Å². The number of hydrogen-bond donors (Lipinski definition) is 2. The largest absolute Gasteiger partial charge is 0.364 e. The van der Waals surface area contributed by atoms with Gasteiger partial charge in [0.2, 0.25) is 0 Å². The van der Waals surface area contributed by atoms with E-state index in [1.54, 1.807) is 6.20 Å². The van der Waals surface area contributed by atoms with Crippen LogP contribution in [0.2, 0.25) is 0 Å². The van der Waals surface area contributed by atoms with Gasteiger partial charge in [-0.05, 0) is 42.9 Å². The first-order chi connectivity index (χ1) is 16.0. The third-order valence-electron chi connectivity index (χ3n) is 7.00. The van der Waals surface area contributed by atoms with E-state index in [0.29, 0.717) is 23.7 Å². The zero-order chi connectivity index (χ0) is 22.7. The minimum Gasteiger partial charge on any atom is -0.364 e. The Hall–Kier alpha value is -3.33. The van der Waals surface area contributed by atoms with E-state index in [4.69, 9.17) is 0 Å². The molecule has 0 spiro atoms. The molecule has 1 amide bonds. The highest BCUT2D eigenvalue weighted by molar-refractivity contribution is 5.92. The van der Waals surface area contributed by atoms with Crippen molar-refractivity contribution in [3.63, 3.8) is 0 Å². The van der Waals surface area contributed by atoms with E-state index in [9.17, 15) is 14.0 Å². The van der Waals surface area contributed by atoms with Gasteiger partial charge in [-0.3, -0.25) is 19.5 Å². The van der Waals surface area contributed by atoms with Crippen LogP contribution >= 0.6 is 0 Å². The van der Waals surface area contributed by atoms with E-state index in [2.05, 4.69) is 30.1 Å². The van der Waals surface area contributed by atoms with Crippen molar-refractivity contribution in [1.29, 1.82) is 0 Å². The number of H-pyrrole nitrogens is 1. The van der Waals surface area contributed by atoms with E-state index in [-0.39, 0.29) is 11.3 Å². The third kappa shape index (κ3) is 3.66. The topological polar surface area (TPSA) is 94.2 Å². The number of fused-ring (bicyclic) bond motifs is 2. The Labute approximate surface area is 189 Å². The summed E-state index contributed by atoms with van der Waals surface area (Å²) < 4.78 is 14.4. The van der Waals surface area contributed by atoms with Crippen molar-refractivity contribution >= 4 is 22.6 Å². The maximum absolute atomic E-state index is 14.4. The van der Waals surface area contributed by atoms with Crippen LogP contribution < -0.4 is 15.8 Å². The number of carbonyl (C=O) groups is 1. The first kappa shape index (κ1) is 20.3. The molecule has 1 aliphatic heterocycles. The van der Waals surface area contributed by atoms with E-state index < -0.39 is 11.7 Å². The Kier molecular flexibility index (Phi) is 4.69. The van der Waals surface area contributed by atoms with Gasteiger partial charge >= 0.3 is 0 Å². The summed E-state index contributed by atoms with van der Waals surface area (Å²) in [4.78, 5) is 40.4. The average Bonchev–Trinajstić information content (AvgIpc) is 3.72. The summed E-state index contributed by atoms with van der Waals surface area (Å²) in [5.41, 5.74) is 4.08. The number of aromatic amines is 1. The molecule has 4 heterocycles. The summed E-state index contributed by atoms with van der Waals surface area (Å²) in [7, 11) is 1.46. The predicted molar refractivity (Wildman–Crippen MR) is 122 cm³/mol. The molecule has 2 atom stereocenters. The summed E-state index contributed by atoms with van der Waals surface area (Å²) in [6.45, 7) is 2.34. The minimum absolute atomic E-state index is 0.00287. The Morgan fingerprint density at radius 1 is 1.18 bits per heavy atom. The molecular weight excluding hydrogens is 423 g/mol. The lowest BCUT2D eigenvalue weighted by Crippen LogP contribution is -2.46. The van der Waals surface area contributed by atoms with Crippen LogP contribution in [0.5, 0.6) is 0 Å². The number of aromatic nitrogens is 3. The molecule has 0 bridgehead atoms. The molecule has 1 saturated heterocycles. The number of piperazine rings is 1. The molecule has 3 aromatic heterocycles. The number of hydrogen-bond acceptors (Lipinski definition) is 6. The normalized spacial score (nSPS) is 22.3. The highest BCUT2D eigenvalue weighted by Crippen LogP contribution is 2.40. The number of rotatable bonds is 5. The van der Waals surface area contributed by atoms with Gasteiger partial charge in [-0.1, -0.05) is 0 Å². The van der Waals surface area contributed by atoms with Crippen molar-refractivity contribution in [2.45, 2.75) is 43.8 Å². The number of amides is 1. The molecule has 8 nitrogen and oxygen atoms in total. The van der Waals surface area contributed by atoms with Crippen molar-refractivity contribution in [1.82, 2.24) is 25.2 Å². The van der Waals surface area contributed by atoms with Gasteiger partial charge in [-0.25, -0.2) is 9.37 Å². The van der Waals surface area contributed by atoms with Gasteiger partial charge < -0.3 is 15.2 Å². The monoisotopic (exact) mass is 448 g/mol. The van der Waals surface area contributed by atoms with Gasteiger partial charge in [-0.15, -0.1) is 0 Å². The highest BCUT2D eigenvalue weighted by Gasteiger charge is 2.49. The van der Waals surface area contributed by atoms with E-state index in [1.807, 2.05) is 18.3 Å². The fourth-order valence-electron chi connectivity index (χ4n) is 5.01. The zero-order valence-electron chi connectivity index (χ0n) is 18.3. The van der Waals surface area contributed by atoms with Gasteiger partial charge in [0, 0.05) is 56.6 Å². The van der Waals surface area contributed by atoms with Crippen LogP contribution in [-0.4, -0.2) is 58.0 Å². The summed E-state index contributed by atoms with van der Waals surface area (Å²) in [5, 5.41) is 2.41. The van der Waals surface area contributed by atoms with Gasteiger partial charge in [0.25, 0.3) is 11.5 Å². The molecule has 2 unspecified atom stereocenters. The molecule has 170 valence electrons. The maximum Gasteiger partial charge on any atom is 0.272 e. The Bertz CT molecular complexity index is 1320. The van der Waals surface area contributed by atoms with E-state index in [1.165, 1.54) is 13.1 Å². The van der Waals surface area contributed by atoms with Crippen LogP contribution in [0, 0.1) is 5.82 Å². The molecule has 0 radical (unpaired) electrons. The summed E-state index contributed by atoms with van der Waals surface area (Å²) in [5.74, 6) is -0.735. The molecule has 3 aliphatic rings. The molecule has 0 aromatic carbocycles. The first-order valence-electron chi connectivity index (χ1n) is 11.4. The molecule has 3 aromatic rings. The molecule has 2 aliphatic carbocycles. The van der Waals surface area contributed by atoms with Crippen molar-refractivity contribution in [2.24, 2.45) is 0 Å². The van der Waals surface area contributed by atoms with E-state index in [0.717, 1.165) is 61.1 Å². The third-order valence-corrected chi connectivity index (χ3v) is 7.00. The average molecular weight is 449 g/mol. The van der Waals surface area contributed by atoms with Crippen LogP contribution in [0.15, 0.2) is 35.4 Å². The number of carbonyl (C=O) groups excluding carboxylic acids is 1. The molecule has 2 saturated carbocycles. The predicted octanol–water partition coefficient (Wildman–Crippen LogP) is 2.16. The Balaban J connectivity index is 1.16. The molecule has 2 N–H and O–H groups in total. The van der Waals surface area contributed by atoms with Crippen molar-refractivity contribution in [3.05, 3.63) is 63.6 Å². The fourth-order valence-corrected chi connectivity index (χ4v) is 5.01. The van der Waals surface area contributed by atoms with Crippen LogP contribution in [0.1, 0.15) is 46.8 Å². The number of nitrogens with one attached hydrogen (secondary N) is 2. The molecule has 33 heavy (non-hydrogen) atoms. The first-order valence-corrected chi connectivity index (χ1v) is 11.4. The number of halogens is 1. The summed E-state index contributed by atoms with van der Waals surface area (Å²) in [6, 6.07) is 6.06. The number of pyridine rings is 3. The molecule has 3 fully saturated rings. The Morgan fingerprint density at radius 2 is 2.03 bits per heavy atom. The van der Waals surface area contributed by atoms with Crippen LogP contribution in [0.3, 0.4) is 0 Å². The molecule has 6 rings (SSSR count). The van der Waals surface area contributed by atoms with Gasteiger partial charge in [0.05, 0.1) is 22.9 Å². The molecular formula is C24H25FN6O2. The Morgan fingerprint density at radius 3 is 2.79 bits per heavy atom. The SMILES string of the molecule is CNC(=O)c1ncc(N2CCN(Cc3cnc4cc(C5CC5)c(=O)[nH]c4c3)C3CC32)cc1F. The van der Waals surface area contributed by atoms with Gasteiger partial charge in [-0.2, -0.15) is 0 Å². The van der Waals surface area contributed by atoms with Crippen LogP contribution in [-0.2, 0) is 6.54 Å². The lowest BCUT2D eigenvalue weighted by atomic mass is 10.1. The fraction of sp³-hybridized carbons (Fsp3) is 0.417. The van der Waals surface area contributed by atoms with Crippen molar-refractivity contribution in [3.8, 4) is 0 Å². The van der Waals surface area contributed by atoms with Gasteiger partial charge in [0.15, 0.2) is 11.5 Å². The second-order valence-corrected chi connectivity index (χ2v) is 9.24. The maximum atomic E-state index is 14.4. The lowest BCUT2D eigenvalue weighted by Gasteiger charge is -2.35. The van der Waals surface area contributed by atoms with E-state index >= 15 is 0 Å². The quantitative estimate of drug-likeness (QED) is 0.621. The lowest BCUT2D eigenvalue weighted by molar-refractivity contribution is 0.0953. The van der Waals surface area contributed by atoms with Crippen molar-refractivity contribution in [2.75, 3.05) is 25.0 Å². The second kappa shape index (κ2) is 7.62. The minimum atomic E-state index is -0.604. The van der Waals surface area contributed by atoms with Crippen LogP contribution in [0.25, 0.3) is 11.0 Å². The number of nitrogens with zero attached hydrogens (tertiary/aromatic N) is 4. The second-order valence-electron chi connectivity index (χ2n) is 9.24. The smallest absolute Gasteiger partial charge is 0.272 e. The van der Waals surface area contributed by atoms with Crippen molar-refractivity contribution < 1.29 is 9.18 Å². The summed E-state index contributed by atoms with van der Waals surface area (Å²) in [6.07, 6.45) is 6.65. The summed E-state index contributed by atoms with van der Waals surface area (Å²) >= 11 is 0. The highest BCUT2D eigenvalue weighted by atomic mass is 19.1. The van der Waals surface area contributed by atoms with Gasteiger partial charge in [0.1, 0.15) is 0 Å². The molecule has 9 heteroatoms. The number of anilines is 1.